The number of nitrogens with zero attached hydrogens (tertiary/aromatic N) is 5. The molecule has 1 saturated heterocycles. The summed E-state index contributed by atoms with van der Waals surface area (Å²) >= 11 is 9.17. The molecular formula is C19H22FN8O8P2S2+. The van der Waals surface area contributed by atoms with Crippen LogP contribution in [-0.4, -0.2) is 66.0 Å². The van der Waals surface area contributed by atoms with E-state index in [-0.39, 0.29) is 42.4 Å². The first-order chi connectivity index (χ1) is 19.0. The molecular weight excluding hydrogens is 613 g/mol. The molecule has 2 aliphatic rings. The zero-order valence-electron chi connectivity index (χ0n) is 20.2. The smallest absolute Gasteiger partial charge is 0.385 e. The molecule has 2 aliphatic heterocycles. The van der Waals surface area contributed by atoms with Crippen LogP contribution in [0.4, 0.5) is 10.2 Å². The van der Waals surface area contributed by atoms with Crippen LogP contribution in [0.3, 0.4) is 0 Å². The monoisotopic (exact) mass is 635 g/mol. The molecule has 0 spiro atoms. The van der Waals surface area contributed by atoms with E-state index in [0.717, 1.165) is 0 Å². The van der Waals surface area contributed by atoms with E-state index < -0.39 is 50.3 Å². The first-order valence-electron chi connectivity index (χ1n) is 11.6. The fraction of sp³-hybridized carbons (Fsp3) is 0.421. The van der Waals surface area contributed by atoms with Crippen molar-refractivity contribution in [1.82, 2.24) is 29.5 Å². The maximum Gasteiger partial charge on any atom is 0.387 e. The Morgan fingerprint density at radius 1 is 1.35 bits per heavy atom. The van der Waals surface area contributed by atoms with E-state index in [1.165, 1.54) is 29.5 Å². The third-order valence-electron chi connectivity index (χ3n) is 6.27. The van der Waals surface area contributed by atoms with Crippen molar-refractivity contribution in [3.63, 3.8) is 0 Å². The Hall–Kier alpha value is -2.31. The summed E-state index contributed by atoms with van der Waals surface area (Å²) in [5, 5.41) is 0. The quantitative estimate of drug-likeness (QED) is 0.113. The number of H-pyrrole nitrogens is 2. The number of pyridine rings is 1. The molecule has 6 atom stereocenters. The Morgan fingerprint density at radius 3 is 3.00 bits per heavy atom. The third kappa shape index (κ3) is 5.34. The van der Waals surface area contributed by atoms with Crippen molar-refractivity contribution in [2.24, 2.45) is 0 Å². The van der Waals surface area contributed by atoms with Crippen LogP contribution in [0.15, 0.2) is 29.7 Å². The zero-order valence-corrected chi connectivity index (χ0v) is 23.7. The highest BCUT2D eigenvalue weighted by Gasteiger charge is 2.53. The largest absolute Gasteiger partial charge is 0.387 e. The molecule has 0 amide bonds. The number of nitrogens with one attached hydrogen (secondary N) is 2. The van der Waals surface area contributed by atoms with Gasteiger partial charge in [-0.2, -0.15) is 4.57 Å². The van der Waals surface area contributed by atoms with Gasteiger partial charge in [0.15, 0.2) is 23.4 Å². The van der Waals surface area contributed by atoms with Gasteiger partial charge in [0.1, 0.15) is 36.2 Å². The van der Waals surface area contributed by atoms with E-state index in [4.69, 9.17) is 40.4 Å². The molecule has 214 valence electrons. The van der Waals surface area contributed by atoms with E-state index in [0.29, 0.717) is 11.2 Å². The molecule has 16 nitrogen and oxygen atoms in total. The number of alkyl halides is 1. The van der Waals surface area contributed by atoms with Gasteiger partial charge >= 0.3 is 19.1 Å². The lowest BCUT2D eigenvalue weighted by Crippen LogP contribution is -2.45. The summed E-state index contributed by atoms with van der Waals surface area (Å²) in [7, 11) is 0. The molecule has 5 N–H and O–H groups in total. The Balaban J connectivity index is 1.38. The molecule has 6 heterocycles. The van der Waals surface area contributed by atoms with Crippen molar-refractivity contribution in [3.8, 4) is 0 Å². The van der Waals surface area contributed by atoms with Gasteiger partial charge in [-0.1, -0.05) is 12.2 Å². The molecule has 1 fully saturated rings. The van der Waals surface area contributed by atoms with Gasteiger partial charge in [0.25, 0.3) is 0 Å². The van der Waals surface area contributed by atoms with Crippen LogP contribution in [0.5, 0.6) is 0 Å². The SMILES string of the molecule is Nc1cc2c([nH]c[n+]2C2OC3COP(O)(=S)OCCn4c(nc5cncnc54)COP(=O)(S)OC2C3F)c(=O)[nH]1. The number of hydrogen-bond donors (Lipinski definition) is 5. The second-order valence-electron chi connectivity index (χ2n) is 8.83. The van der Waals surface area contributed by atoms with Gasteiger partial charge < -0.3 is 34.0 Å². The molecule has 21 heteroatoms. The average molecular weight is 636 g/mol. The Labute approximate surface area is 233 Å². The highest BCUT2D eigenvalue weighted by atomic mass is 32.7. The summed E-state index contributed by atoms with van der Waals surface area (Å²) in [6.07, 6.45) is -2.04. The third-order valence-corrected chi connectivity index (χ3v) is 9.48. The van der Waals surface area contributed by atoms with Crippen molar-refractivity contribution in [2.45, 2.75) is 37.8 Å². The number of aromatic amines is 2. The van der Waals surface area contributed by atoms with Crippen LogP contribution in [-0.2, 0) is 52.4 Å². The number of hydrogen-bond acceptors (Lipinski definition) is 12. The van der Waals surface area contributed by atoms with Crippen LogP contribution >= 0.6 is 25.8 Å². The van der Waals surface area contributed by atoms with Crippen LogP contribution in [0, 0.1) is 0 Å². The average Bonchev–Trinajstić information content (AvgIpc) is 3.55. The second kappa shape index (κ2) is 10.5. The van der Waals surface area contributed by atoms with Crippen molar-refractivity contribution in [2.75, 3.05) is 18.9 Å². The molecule has 4 aromatic heterocycles. The van der Waals surface area contributed by atoms with E-state index in [9.17, 15) is 14.3 Å². The highest BCUT2D eigenvalue weighted by molar-refractivity contribution is 8.44. The normalized spacial score (nSPS) is 32.1. The molecule has 2 bridgehead atoms. The lowest BCUT2D eigenvalue weighted by atomic mass is 10.1. The van der Waals surface area contributed by atoms with Gasteiger partial charge in [-0.3, -0.25) is 13.8 Å². The first-order valence-corrected chi connectivity index (χ1v) is 16.9. The molecule has 0 aliphatic carbocycles. The number of nitrogen functional groups attached to an aromatic ring is 1. The van der Waals surface area contributed by atoms with Gasteiger partial charge in [-0.25, -0.2) is 28.9 Å². The number of rotatable bonds is 1. The summed E-state index contributed by atoms with van der Waals surface area (Å²) in [6.45, 7) is -9.01. The van der Waals surface area contributed by atoms with Crippen LogP contribution < -0.4 is 15.9 Å². The van der Waals surface area contributed by atoms with Gasteiger partial charge in [-0.05, 0) is 11.8 Å². The Bertz CT molecular complexity index is 1750. The van der Waals surface area contributed by atoms with E-state index in [2.05, 4.69) is 37.2 Å². The predicted octanol–water partition coefficient (Wildman–Crippen LogP) is 1.00. The van der Waals surface area contributed by atoms with Crippen molar-refractivity contribution in [3.05, 3.63) is 41.1 Å². The predicted molar refractivity (Wildman–Crippen MR) is 142 cm³/mol. The second-order valence-corrected chi connectivity index (χ2v) is 14.5. The summed E-state index contributed by atoms with van der Waals surface area (Å²) in [4.78, 5) is 40.7. The van der Waals surface area contributed by atoms with Crippen LogP contribution in [0.1, 0.15) is 12.1 Å². The van der Waals surface area contributed by atoms with Gasteiger partial charge in [0, 0.05) is 12.6 Å². The minimum atomic E-state index is -4.27. The molecule has 4 aromatic rings. The number of halogens is 1. The van der Waals surface area contributed by atoms with Gasteiger partial charge in [-0.15, -0.1) is 0 Å². The fourth-order valence-electron chi connectivity index (χ4n) is 4.53. The highest BCUT2D eigenvalue weighted by Crippen LogP contribution is 2.57. The van der Waals surface area contributed by atoms with Crippen molar-refractivity contribution in [1.29, 1.82) is 0 Å². The van der Waals surface area contributed by atoms with E-state index >= 15 is 4.39 Å². The topological polar surface area (TPSA) is 206 Å². The molecule has 6 rings (SSSR count). The number of fused-ring (bicyclic) bond motifs is 6. The summed E-state index contributed by atoms with van der Waals surface area (Å²) in [6, 6.07) is 1.43. The lowest BCUT2D eigenvalue weighted by Gasteiger charge is -2.21. The minimum Gasteiger partial charge on any atom is -0.385 e. The van der Waals surface area contributed by atoms with E-state index in [1.54, 1.807) is 4.57 Å². The number of ether oxygens (including phenoxy) is 1. The van der Waals surface area contributed by atoms with Crippen LogP contribution in [0.25, 0.3) is 22.2 Å². The Morgan fingerprint density at radius 2 is 2.17 bits per heavy atom. The van der Waals surface area contributed by atoms with Crippen LogP contribution in [0.2, 0.25) is 0 Å². The van der Waals surface area contributed by atoms with E-state index in [1.807, 2.05) is 0 Å². The number of aromatic nitrogens is 7. The molecule has 0 radical (unpaired) electrons. The minimum absolute atomic E-state index is 0.0429. The Kier molecular flexibility index (Phi) is 7.31. The number of imidazole rings is 2. The lowest BCUT2D eigenvalue weighted by molar-refractivity contribution is -0.742. The van der Waals surface area contributed by atoms with Crippen molar-refractivity contribution >= 4 is 65.6 Å². The van der Waals surface area contributed by atoms with Gasteiger partial charge in [0.05, 0.1) is 19.4 Å². The summed E-state index contributed by atoms with van der Waals surface area (Å²) in [5.41, 5.74) is 6.49. The molecule has 40 heavy (non-hydrogen) atoms. The summed E-state index contributed by atoms with van der Waals surface area (Å²) in [5.74, 6) is 0.301. The van der Waals surface area contributed by atoms with Crippen molar-refractivity contribution < 1.29 is 41.2 Å². The maximum absolute atomic E-state index is 15.8. The molecule has 0 aromatic carbocycles. The number of thiol groups is 1. The first kappa shape index (κ1) is 27.8. The number of anilines is 1. The summed E-state index contributed by atoms with van der Waals surface area (Å²) < 4.78 is 60.0. The number of nitrogens with two attached hydrogens (primary N) is 1. The molecule has 0 saturated carbocycles. The standard InChI is InChI=1S/C19H21FN8O8P2S2/c20-14-11-5-33-37(30,39)32-2-1-27-13(25-9-4-22-7-23-17(9)27)6-34-38(31,40)36-16(14)19(35-11)28-8-24-15-10(28)3-12(21)26-18(15)29/h3-4,7-8,11,14,16,19H,1-2,5-6H2,(H5,21,26,29,30,31,39,40)/p+1. The maximum atomic E-state index is 15.8. The fourth-order valence-corrected chi connectivity index (χ4v) is 7.03. The zero-order chi connectivity index (χ0) is 28.2. The molecule has 6 unspecified atom stereocenters. The van der Waals surface area contributed by atoms with Gasteiger partial charge in [0.2, 0.25) is 18.1 Å².